The highest BCUT2D eigenvalue weighted by molar-refractivity contribution is 7.80. The second-order valence-electron chi connectivity index (χ2n) is 8.98. The van der Waals surface area contributed by atoms with E-state index in [0.29, 0.717) is 5.11 Å². The van der Waals surface area contributed by atoms with Crippen LogP contribution in [0, 0.1) is 10.1 Å². The van der Waals surface area contributed by atoms with E-state index in [1.54, 1.807) is 18.3 Å². The molecule has 9 heteroatoms. The van der Waals surface area contributed by atoms with Crippen molar-refractivity contribution in [3.63, 3.8) is 0 Å². The number of rotatable bonds is 7. The Bertz CT molecular complexity index is 1610. The lowest BCUT2D eigenvalue weighted by molar-refractivity contribution is -0.384. The van der Waals surface area contributed by atoms with Gasteiger partial charge in [0.25, 0.3) is 5.69 Å². The topological polar surface area (TPSA) is 85.5 Å². The molecule has 3 aromatic carbocycles. The summed E-state index contributed by atoms with van der Waals surface area (Å²) in [4.78, 5) is 17.5. The van der Waals surface area contributed by atoms with Crippen molar-refractivity contribution in [3.05, 3.63) is 143 Å². The van der Waals surface area contributed by atoms with Crippen molar-refractivity contribution in [2.75, 3.05) is 4.90 Å². The first-order valence-electron chi connectivity index (χ1n) is 12.3. The van der Waals surface area contributed by atoms with Gasteiger partial charge in [-0.05, 0) is 85.0 Å². The van der Waals surface area contributed by atoms with Gasteiger partial charge < -0.3 is 19.5 Å². The summed E-state index contributed by atoms with van der Waals surface area (Å²) in [7, 11) is 0. The van der Waals surface area contributed by atoms with E-state index in [-0.39, 0.29) is 17.8 Å². The number of nitro benzene ring substituents is 1. The Morgan fingerprint density at radius 3 is 2.21 bits per heavy atom. The molecule has 0 bridgehead atoms. The first kappa shape index (κ1) is 24.3. The van der Waals surface area contributed by atoms with Gasteiger partial charge in [-0.25, -0.2) is 0 Å². The molecule has 8 nitrogen and oxygen atoms in total. The number of benzene rings is 3. The van der Waals surface area contributed by atoms with E-state index >= 15 is 0 Å². The fourth-order valence-electron chi connectivity index (χ4n) is 4.84. The summed E-state index contributed by atoms with van der Waals surface area (Å²) in [5.41, 5.74) is 3.56. The zero-order valence-electron chi connectivity index (χ0n) is 20.6. The lowest BCUT2D eigenvalue weighted by Crippen LogP contribution is -2.30. The number of hydrogen-bond acceptors (Lipinski definition) is 5. The van der Waals surface area contributed by atoms with E-state index in [1.165, 1.54) is 12.1 Å². The minimum Gasteiger partial charge on any atom is -0.457 e. The lowest BCUT2D eigenvalue weighted by Gasteiger charge is -2.29. The van der Waals surface area contributed by atoms with E-state index in [9.17, 15) is 10.1 Å². The number of nitrogens with zero attached hydrogens (tertiary/aromatic N) is 4. The molecule has 0 amide bonds. The van der Waals surface area contributed by atoms with Crippen LogP contribution >= 0.6 is 12.2 Å². The van der Waals surface area contributed by atoms with Gasteiger partial charge in [0.1, 0.15) is 17.5 Å². The van der Waals surface area contributed by atoms with Gasteiger partial charge in [0, 0.05) is 41.6 Å². The number of ether oxygens (including phenoxy) is 1. The molecule has 3 heterocycles. The van der Waals surface area contributed by atoms with E-state index < -0.39 is 4.92 Å². The van der Waals surface area contributed by atoms with Crippen molar-refractivity contribution in [3.8, 4) is 17.2 Å². The van der Waals surface area contributed by atoms with Gasteiger partial charge in [0.15, 0.2) is 5.11 Å². The molecule has 0 aliphatic carbocycles. The van der Waals surface area contributed by atoms with Gasteiger partial charge in [-0.1, -0.05) is 24.3 Å². The SMILES string of the molecule is O=[N+]([O-])c1ccc(-n2cccc2C2C(c3ccccn3)NC(=S)N2c2ccc(Oc3ccccc3)cc2)cc1. The number of aromatic nitrogens is 2. The van der Waals surface area contributed by atoms with Gasteiger partial charge in [-0.3, -0.25) is 15.1 Å². The Balaban J connectivity index is 1.39. The van der Waals surface area contributed by atoms with Crippen LogP contribution in [0.4, 0.5) is 11.4 Å². The fraction of sp³-hybridized carbons (Fsp3) is 0.0667. The van der Waals surface area contributed by atoms with Gasteiger partial charge in [0.2, 0.25) is 0 Å². The van der Waals surface area contributed by atoms with E-state index in [2.05, 4.69) is 15.2 Å². The van der Waals surface area contributed by atoms with E-state index in [1.807, 2.05) is 95.7 Å². The molecule has 1 N–H and O–H groups in total. The molecule has 6 rings (SSSR count). The number of anilines is 1. The van der Waals surface area contributed by atoms with Crippen LogP contribution in [-0.4, -0.2) is 19.6 Å². The number of non-ortho nitro benzene ring substituents is 1. The molecule has 192 valence electrons. The molecule has 0 radical (unpaired) electrons. The smallest absolute Gasteiger partial charge is 0.269 e. The Hall–Kier alpha value is -5.02. The van der Waals surface area contributed by atoms with Crippen LogP contribution < -0.4 is 15.0 Å². The number of hydrogen-bond donors (Lipinski definition) is 1. The van der Waals surface area contributed by atoms with Crippen LogP contribution in [0.1, 0.15) is 23.5 Å². The highest BCUT2D eigenvalue weighted by Gasteiger charge is 2.42. The zero-order chi connectivity index (χ0) is 26.8. The van der Waals surface area contributed by atoms with Gasteiger partial charge in [0.05, 0.1) is 16.7 Å². The molecular weight excluding hydrogens is 510 g/mol. The van der Waals surface area contributed by atoms with Crippen LogP contribution in [0.25, 0.3) is 5.69 Å². The molecule has 2 atom stereocenters. The summed E-state index contributed by atoms with van der Waals surface area (Å²) in [6, 6.07) is 33.3. The summed E-state index contributed by atoms with van der Waals surface area (Å²) in [6.45, 7) is 0. The molecule has 1 saturated heterocycles. The second kappa shape index (κ2) is 10.4. The third-order valence-electron chi connectivity index (χ3n) is 6.61. The highest BCUT2D eigenvalue weighted by Crippen LogP contribution is 2.42. The van der Waals surface area contributed by atoms with Crippen LogP contribution in [0.5, 0.6) is 11.5 Å². The molecule has 5 aromatic rings. The van der Waals surface area contributed by atoms with Gasteiger partial charge in [-0.2, -0.15) is 0 Å². The van der Waals surface area contributed by atoms with Crippen molar-refractivity contribution >= 4 is 28.7 Å². The number of para-hydroxylation sites is 1. The van der Waals surface area contributed by atoms with Crippen LogP contribution in [0.3, 0.4) is 0 Å². The van der Waals surface area contributed by atoms with Crippen molar-refractivity contribution < 1.29 is 9.66 Å². The molecular formula is C30H23N5O3S. The Morgan fingerprint density at radius 1 is 0.821 bits per heavy atom. The zero-order valence-corrected chi connectivity index (χ0v) is 21.4. The van der Waals surface area contributed by atoms with Crippen molar-refractivity contribution in [1.29, 1.82) is 0 Å². The Kier molecular flexibility index (Phi) is 6.48. The third-order valence-corrected chi connectivity index (χ3v) is 6.93. The normalized spacial score (nSPS) is 16.6. The fourth-order valence-corrected chi connectivity index (χ4v) is 5.18. The van der Waals surface area contributed by atoms with Crippen molar-refractivity contribution in [2.24, 2.45) is 0 Å². The van der Waals surface area contributed by atoms with Crippen LogP contribution in [-0.2, 0) is 0 Å². The third kappa shape index (κ3) is 4.83. The first-order chi connectivity index (χ1) is 19.1. The predicted molar refractivity (Wildman–Crippen MR) is 153 cm³/mol. The maximum Gasteiger partial charge on any atom is 0.269 e. The molecule has 2 aromatic heterocycles. The standard InChI is InChI=1S/C30H23N5O3S/c36-35(37)23-13-11-21(12-14-23)33-20-6-10-27(33)29-28(26-9-4-5-19-31-26)32-30(39)34(29)22-15-17-25(18-16-22)38-24-7-2-1-3-8-24/h1-20,28-29H,(H,32,39). The molecule has 1 aliphatic heterocycles. The maximum absolute atomic E-state index is 11.2. The number of pyridine rings is 1. The first-order valence-corrected chi connectivity index (χ1v) is 12.7. The second-order valence-corrected chi connectivity index (χ2v) is 9.37. The maximum atomic E-state index is 11.2. The quantitative estimate of drug-likeness (QED) is 0.141. The largest absolute Gasteiger partial charge is 0.457 e. The molecule has 1 aliphatic rings. The van der Waals surface area contributed by atoms with Crippen LogP contribution in [0.15, 0.2) is 122 Å². The average molecular weight is 534 g/mol. The van der Waals surface area contributed by atoms with E-state index in [4.69, 9.17) is 17.0 Å². The lowest BCUT2D eigenvalue weighted by atomic mass is 10.0. The average Bonchev–Trinajstić information content (AvgIpc) is 3.59. The summed E-state index contributed by atoms with van der Waals surface area (Å²) in [5.74, 6) is 1.48. The summed E-state index contributed by atoms with van der Waals surface area (Å²) < 4.78 is 8.01. The van der Waals surface area contributed by atoms with Gasteiger partial charge >= 0.3 is 0 Å². The van der Waals surface area contributed by atoms with Crippen molar-refractivity contribution in [1.82, 2.24) is 14.9 Å². The number of thiocarbonyl (C=S) groups is 1. The predicted octanol–water partition coefficient (Wildman–Crippen LogP) is 6.75. The van der Waals surface area contributed by atoms with E-state index in [0.717, 1.165) is 34.3 Å². The molecule has 1 fully saturated rings. The summed E-state index contributed by atoms with van der Waals surface area (Å²) in [6.07, 6.45) is 3.72. The van der Waals surface area contributed by atoms with Crippen LogP contribution in [0.2, 0.25) is 0 Å². The molecule has 39 heavy (non-hydrogen) atoms. The molecule has 0 saturated carbocycles. The van der Waals surface area contributed by atoms with Gasteiger partial charge in [-0.15, -0.1) is 0 Å². The number of nitrogens with one attached hydrogen (secondary N) is 1. The summed E-state index contributed by atoms with van der Waals surface area (Å²) >= 11 is 5.87. The monoisotopic (exact) mass is 533 g/mol. The molecule has 0 spiro atoms. The Morgan fingerprint density at radius 2 is 1.51 bits per heavy atom. The number of nitro groups is 1. The Labute approximate surface area is 230 Å². The minimum atomic E-state index is -0.399. The summed E-state index contributed by atoms with van der Waals surface area (Å²) in [5, 5.41) is 15.2. The highest BCUT2D eigenvalue weighted by atomic mass is 32.1. The molecule has 2 unspecified atom stereocenters. The minimum absolute atomic E-state index is 0.0435. The van der Waals surface area contributed by atoms with Crippen molar-refractivity contribution in [2.45, 2.75) is 12.1 Å².